The third-order valence-electron chi connectivity index (χ3n) is 3.05. The molecular weight excluding hydrogens is 280 g/mol. The third kappa shape index (κ3) is 2.54. The number of anilines is 1. The monoisotopic (exact) mass is 293 g/mol. The van der Waals surface area contributed by atoms with Crippen LogP contribution in [-0.2, 0) is 4.74 Å². The lowest BCUT2D eigenvalue weighted by molar-refractivity contribution is 0.0593. The van der Waals surface area contributed by atoms with Crippen LogP contribution in [0.15, 0.2) is 12.1 Å². The molecule has 0 amide bonds. The Kier molecular flexibility index (Phi) is 3.84. The number of nitrogen functional groups attached to an aromatic ring is 1. The van der Waals surface area contributed by atoms with Crippen molar-refractivity contribution in [1.29, 1.82) is 0 Å². The molecular formula is C14H13F2N3O2. The Labute approximate surface area is 119 Å². The Morgan fingerprint density at radius 2 is 1.90 bits per heavy atom. The van der Waals surface area contributed by atoms with Crippen LogP contribution in [0.3, 0.4) is 0 Å². The number of aryl methyl sites for hydroxylation is 1. The van der Waals surface area contributed by atoms with Gasteiger partial charge in [0.2, 0.25) is 5.95 Å². The maximum absolute atomic E-state index is 14.2. The van der Waals surface area contributed by atoms with E-state index in [9.17, 15) is 13.6 Å². The van der Waals surface area contributed by atoms with E-state index in [0.717, 1.165) is 7.11 Å². The lowest BCUT2D eigenvalue weighted by atomic mass is 10.1. The molecule has 2 aromatic rings. The van der Waals surface area contributed by atoms with E-state index < -0.39 is 17.7 Å². The molecule has 0 radical (unpaired) electrons. The molecule has 0 unspecified atom stereocenters. The summed E-state index contributed by atoms with van der Waals surface area (Å²) in [5.41, 5.74) is 5.22. The Hall–Kier alpha value is -2.57. The minimum atomic E-state index is -0.898. The van der Waals surface area contributed by atoms with Crippen molar-refractivity contribution >= 4 is 11.7 Å². The summed E-state index contributed by atoms with van der Waals surface area (Å²) in [6.45, 7) is 3.03. The second kappa shape index (κ2) is 5.43. The van der Waals surface area contributed by atoms with Crippen LogP contribution in [0.2, 0.25) is 0 Å². The number of hydrogen-bond acceptors (Lipinski definition) is 5. The predicted molar refractivity (Wildman–Crippen MR) is 72.6 cm³/mol. The number of carbonyl (C=O) groups excluding carboxylic acids is 1. The summed E-state index contributed by atoms with van der Waals surface area (Å²) in [7, 11) is 1.16. The van der Waals surface area contributed by atoms with Crippen LogP contribution in [0.5, 0.6) is 0 Å². The zero-order valence-electron chi connectivity index (χ0n) is 11.7. The van der Waals surface area contributed by atoms with Crippen LogP contribution in [0.4, 0.5) is 14.5 Å². The molecule has 0 atom stereocenters. The van der Waals surface area contributed by atoms with Gasteiger partial charge >= 0.3 is 5.97 Å². The van der Waals surface area contributed by atoms with Crippen LogP contribution in [-0.4, -0.2) is 23.0 Å². The Bertz CT molecular complexity index is 733. The van der Waals surface area contributed by atoms with Gasteiger partial charge in [-0.3, -0.25) is 0 Å². The van der Waals surface area contributed by atoms with Crippen molar-refractivity contribution in [1.82, 2.24) is 9.97 Å². The zero-order valence-corrected chi connectivity index (χ0v) is 11.7. The first-order chi connectivity index (χ1) is 9.86. The predicted octanol–water partition coefficient (Wildman–Crippen LogP) is 2.41. The number of nitrogens with zero attached hydrogens (tertiary/aromatic N) is 2. The molecule has 21 heavy (non-hydrogen) atoms. The fraction of sp³-hybridized carbons (Fsp3) is 0.214. The van der Waals surface area contributed by atoms with E-state index in [1.54, 1.807) is 6.92 Å². The highest BCUT2D eigenvalue weighted by molar-refractivity contribution is 5.91. The van der Waals surface area contributed by atoms with E-state index in [4.69, 9.17) is 5.73 Å². The highest BCUT2D eigenvalue weighted by atomic mass is 19.1. The number of halogens is 2. The van der Waals surface area contributed by atoms with Crippen molar-refractivity contribution in [3.8, 4) is 11.3 Å². The minimum Gasteiger partial charge on any atom is -0.464 e. The summed E-state index contributed by atoms with van der Waals surface area (Å²) in [6, 6.07) is 2.84. The van der Waals surface area contributed by atoms with E-state index in [1.165, 1.54) is 19.1 Å². The molecule has 0 aliphatic heterocycles. The second-order valence-electron chi connectivity index (χ2n) is 4.44. The number of nitrogens with two attached hydrogens (primary N) is 1. The van der Waals surface area contributed by atoms with Gasteiger partial charge in [-0.15, -0.1) is 0 Å². The summed E-state index contributed by atoms with van der Waals surface area (Å²) >= 11 is 0. The quantitative estimate of drug-likeness (QED) is 0.679. The van der Waals surface area contributed by atoms with Gasteiger partial charge in [0.1, 0.15) is 5.69 Å². The maximum Gasteiger partial charge on any atom is 0.357 e. The van der Waals surface area contributed by atoms with E-state index in [-0.39, 0.29) is 28.2 Å². The number of ether oxygens (including phenoxy) is 1. The standard InChI is InChI=1S/C14H13F2N3O2/c1-6-4-5-8(13(16)18-6)12-9(15)10(17)7(2)11(19-12)14(20)21-3/h4-5H,1-3H3,(H2,17,19). The Morgan fingerprint density at radius 1 is 1.24 bits per heavy atom. The number of rotatable bonds is 2. The second-order valence-corrected chi connectivity index (χ2v) is 4.44. The average molecular weight is 293 g/mol. The van der Waals surface area contributed by atoms with Crippen LogP contribution < -0.4 is 5.73 Å². The lowest BCUT2D eigenvalue weighted by Crippen LogP contribution is -2.12. The van der Waals surface area contributed by atoms with Gasteiger partial charge in [0.15, 0.2) is 11.5 Å². The molecule has 2 heterocycles. The average Bonchev–Trinajstić information content (AvgIpc) is 2.45. The molecule has 5 nitrogen and oxygen atoms in total. The smallest absolute Gasteiger partial charge is 0.357 e. The van der Waals surface area contributed by atoms with Crippen molar-refractivity contribution in [3.63, 3.8) is 0 Å². The van der Waals surface area contributed by atoms with Gasteiger partial charge in [0, 0.05) is 11.3 Å². The first-order valence-electron chi connectivity index (χ1n) is 6.04. The number of carbonyl (C=O) groups is 1. The fourth-order valence-electron chi connectivity index (χ4n) is 1.84. The number of pyridine rings is 2. The molecule has 2 rings (SSSR count). The normalized spacial score (nSPS) is 10.5. The molecule has 0 aromatic carbocycles. The molecule has 2 aromatic heterocycles. The largest absolute Gasteiger partial charge is 0.464 e. The molecule has 0 bridgehead atoms. The summed E-state index contributed by atoms with van der Waals surface area (Å²) < 4.78 is 32.7. The van der Waals surface area contributed by atoms with E-state index >= 15 is 0 Å². The molecule has 0 saturated carbocycles. The SMILES string of the molecule is COC(=O)c1nc(-c2ccc(C)nc2F)c(F)c(N)c1C. The van der Waals surface area contributed by atoms with Gasteiger partial charge in [0.25, 0.3) is 0 Å². The van der Waals surface area contributed by atoms with Crippen LogP contribution in [0.25, 0.3) is 11.3 Å². The van der Waals surface area contributed by atoms with Gasteiger partial charge in [-0.25, -0.2) is 19.2 Å². The summed E-state index contributed by atoms with van der Waals surface area (Å²) in [5, 5.41) is 0. The van der Waals surface area contributed by atoms with E-state index in [0.29, 0.717) is 5.69 Å². The van der Waals surface area contributed by atoms with Gasteiger partial charge in [-0.05, 0) is 26.0 Å². The minimum absolute atomic E-state index is 0.142. The third-order valence-corrected chi connectivity index (χ3v) is 3.05. The molecule has 0 fully saturated rings. The first-order valence-corrected chi connectivity index (χ1v) is 6.04. The molecule has 0 saturated heterocycles. The highest BCUT2D eigenvalue weighted by Gasteiger charge is 2.23. The van der Waals surface area contributed by atoms with Crippen molar-refractivity contribution < 1.29 is 18.3 Å². The molecule has 110 valence electrons. The van der Waals surface area contributed by atoms with Gasteiger partial charge < -0.3 is 10.5 Å². The molecule has 0 aliphatic rings. The summed E-state index contributed by atoms with van der Waals surface area (Å²) in [4.78, 5) is 19.1. The van der Waals surface area contributed by atoms with E-state index in [2.05, 4.69) is 14.7 Å². The molecule has 7 heteroatoms. The Balaban J connectivity index is 2.74. The zero-order chi connectivity index (χ0) is 15.7. The van der Waals surface area contributed by atoms with Crippen molar-refractivity contribution in [2.45, 2.75) is 13.8 Å². The lowest BCUT2D eigenvalue weighted by Gasteiger charge is -2.12. The van der Waals surface area contributed by atoms with Gasteiger partial charge in [-0.2, -0.15) is 4.39 Å². The maximum atomic E-state index is 14.2. The summed E-state index contributed by atoms with van der Waals surface area (Å²) in [5.74, 6) is -2.56. The number of aromatic nitrogens is 2. The van der Waals surface area contributed by atoms with Crippen LogP contribution in [0, 0.1) is 25.6 Å². The fourth-order valence-corrected chi connectivity index (χ4v) is 1.84. The van der Waals surface area contributed by atoms with Gasteiger partial charge in [-0.1, -0.05) is 0 Å². The number of methoxy groups -OCH3 is 1. The van der Waals surface area contributed by atoms with Crippen LogP contribution in [0.1, 0.15) is 21.7 Å². The molecule has 0 spiro atoms. The first kappa shape index (κ1) is 14.8. The topological polar surface area (TPSA) is 78.1 Å². The number of esters is 1. The van der Waals surface area contributed by atoms with Crippen molar-refractivity contribution in [2.24, 2.45) is 0 Å². The molecule has 0 aliphatic carbocycles. The highest BCUT2D eigenvalue weighted by Crippen LogP contribution is 2.29. The Morgan fingerprint density at radius 3 is 2.48 bits per heavy atom. The molecule has 2 N–H and O–H groups in total. The van der Waals surface area contributed by atoms with Gasteiger partial charge in [0.05, 0.1) is 18.4 Å². The van der Waals surface area contributed by atoms with Crippen molar-refractivity contribution in [3.05, 3.63) is 40.8 Å². The van der Waals surface area contributed by atoms with E-state index in [1.807, 2.05) is 0 Å². The van der Waals surface area contributed by atoms with Crippen molar-refractivity contribution in [2.75, 3.05) is 12.8 Å². The summed E-state index contributed by atoms with van der Waals surface area (Å²) in [6.07, 6.45) is 0. The number of hydrogen-bond donors (Lipinski definition) is 1. The van der Waals surface area contributed by atoms with Crippen LogP contribution >= 0.6 is 0 Å².